The van der Waals surface area contributed by atoms with E-state index in [1.54, 1.807) is 18.2 Å². The largest absolute Gasteiger partial charge is 0.480 e. The number of carbonyl (C=O) groups is 2. The van der Waals surface area contributed by atoms with Crippen LogP contribution in [0.15, 0.2) is 22.7 Å². The van der Waals surface area contributed by atoms with Crippen molar-refractivity contribution < 1.29 is 14.7 Å². The van der Waals surface area contributed by atoms with Crippen molar-refractivity contribution in [3.05, 3.63) is 33.3 Å². The summed E-state index contributed by atoms with van der Waals surface area (Å²) in [5, 5.41) is 9.64. The van der Waals surface area contributed by atoms with Crippen LogP contribution >= 0.6 is 27.5 Å². The number of piperidine rings is 1. The number of likely N-dealkylation sites (tertiary alicyclic amines) is 1. The summed E-state index contributed by atoms with van der Waals surface area (Å²) in [6, 6.07) is 4.22. The minimum Gasteiger partial charge on any atom is -0.480 e. The zero-order valence-electron chi connectivity index (χ0n) is 11.0. The lowest BCUT2D eigenvalue weighted by Crippen LogP contribution is -2.49. The number of hydrogen-bond acceptors (Lipinski definition) is 2. The smallest absolute Gasteiger partial charge is 0.326 e. The van der Waals surface area contributed by atoms with Crippen molar-refractivity contribution in [2.75, 3.05) is 6.54 Å². The van der Waals surface area contributed by atoms with Crippen molar-refractivity contribution in [3.63, 3.8) is 0 Å². The fourth-order valence-electron chi connectivity index (χ4n) is 2.43. The van der Waals surface area contributed by atoms with E-state index in [4.69, 9.17) is 11.6 Å². The summed E-state index contributed by atoms with van der Waals surface area (Å²) in [4.78, 5) is 25.3. The highest BCUT2D eigenvalue weighted by Gasteiger charge is 2.35. The molecule has 2 atom stereocenters. The molecule has 1 aromatic carbocycles. The van der Waals surface area contributed by atoms with Crippen LogP contribution in [-0.4, -0.2) is 34.5 Å². The number of carboxylic acids is 1. The topological polar surface area (TPSA) is 57.6 Å². The Labute approximate surface area is 130 Å². The molecule has 1 aliphatic rings. The van der Waals surface area contributed by atoms with E-state index in [-0.39, 0.29) is 5.91 Å². The third-order valence-corrected chi connectivity index (χ3v) is 4.39. The standard InChI is InChI=1S/C14H15BrClNO3/c1-8-4-5-17(12(6-8)14(19)20)13(18)10-7-9(15)2-3-11(10)16/h2-3,7-8,12H,4-6H2,1H3,(H,19,20). The second kappa shape index (κ2) is 6.14. The molecule has 0 saturated carbocycles. The molecule has 1 saturated heterocycles. The number of rotatable bonds is 2. The van der Waals surface area contributed by atoms with Gasteiger partial charge in [0.1, 0.15) is 6.04 Å². The van der Waals surface area contributed by atoms with Gasteiger partial charge in [0, 0.05) is 11.0 Å². The van der Waals surface area contributed by atoms with Gasteiger partial charge in [-0.1, -0.05) is 34.5 Å². The minimum atomic E-state index is -0.962. The van der Waals surface area contributed by atoms with Crippen LogP contribution < -0.4 is 0 Å². The predicted octanol–water partition coefficient (Wildman–Crippen LogP) is 3.43. The van der Waals surface area contributed by atoms with Gasteiger partial charge in [0.2, 0.25) is 0 Å². The summed E-state index contributed by atoms with van der Waals surface area (Å²) in [7, 11) is 0. The Kier molecular flexibility index (Phi) is 4.70. The summed E-state index contributed by atoms with van der Waals surface area (Å²) < 4.78 is 0.738. The van der Waals surface area contributed by atoms with E-state index in [1.165, 1.54) is 4.90 Å². The van der Waals surface area contributed by atoms with Crippen LogP contribution in [0.1, 0.15) is 30.1 Å². The van der Waals surface area contributed by atoms with Gasteiger partial charge in [0.25, 0.3) is 5.91 Å². The Bertz CT molecular complexity index is 549. The van der Waals surface area contributed by atoms with Gasteiger partial charge in [-0.25, -0.2) is 4.79 Å². The van der Waals surface area contributed by atoms with E-state index < -0.39 is 12.0 Å². The Hall–Kier alpha value is -1.07. The van der Waals surface area contributed by atoms with Gasteiger partial charge >= 0.3 is 5.97 Å². The van der Waals surface area contributed by atoms with Crippen molar-refractivity contribution in [1.29, 1.82) is 0 Å². The van der Waals surface area contributed by atoms with Gasteiger partial charge < -0.3 is 10.0 Å². The Morgan fingerprint density at radius 3 is 2.80 bits per heavy atom. The Morgan fingerprint density at radius 2 is 2.15 bits per heavy atom. The van der Waals surface area contributed by atoms with E-state index in [1.807, 2.05) is 6.92 Å². The van der Waals surface area contributed by atoms with Gasteiger partial charge in [-0.2, -0.15) is 0 Å². The first-order valence-electron chi connectivity index (χ1n) is 6.39. The molecule has 0 aromatic heterocycles. The molecule has 0 radical (unpaired) electrons. The molecule has 1 amide bonds. The third-order valence-electron chi connectivity index (χ3n) is 3.57. The molecular formula is C14H15BrClNO3. The number of nitrogens with zero attached hydrogens (tertiary/aromatic N) is 1. The second-order valence-electron chi connectivity index (χ2n) is 5.11. The van der Waals surface area contributed by atoms with Crippen molar-refractivity contribution in [2.45, 2.75) is 25.8 Å². The zero-order valence-corrected chi connectivity index (χ0v) is 13.3. The molecule has 4 nitrogen and oxygen atoms in total. The van der Waals surface area contributed by atoms with E-state index in [9.17, 15) is 14.7 Å². The molecule has 2 rings (SSSR count). The third kappa shape index (κ3) is 3.15. The highest BCUT2D eigenvalue weighted by atomic mass is 79.9. The molecule has 1 aliphatic heterocycles. The highest BCUT2D eigenvalue weighted by molar-refractivity contribution is 9.10. The zero-order chi connectivity index (χ0) is 14.9. The van der Waals surface area contributed by atoms with Crippen LogP contribution in [0, 0.1) is 5.92 Å². The summed E-state index contributed by atoms with van der Waals surface area (Å²) in [6.07, 6.45) is 1.29. The van der Waals surface area contributed by atoms with Gasteiger partial charge in [-0.15, -0.1) is 0 Å². The van der Waals surface area contributed by atoms with Crippen LogP contribution in [0.2, 0.25) is 5.02 Å². The van der Waals surface area contributed by atoms with Gasteiger partial charge in [0.15, 0.2) is 0 Å². The van der Waals surface area contributed by atoms with Crippen molar-refractivity contribution >= 4 is 39.4 Å². The number of carboxylic acid groups (broad SMARTS) is 1. The van der Waals surface area contributed by atoms with Gasteiger partial charge in [-0.05, 0) is 37.0 Å². The van der Waals surface area contributed by atoms with E-state index >= 15 is 0 Å². The maximum absolute atomic E-state index is 12.6. The molecule has 1 heterocycles. The quantitative estimate of drug-likeness (QED) is 0.879. The maximum atomic E-state index is 12.6. The summed E-state index contributed by atoms with van der Waals surface area (Å²) >= 11 is 9.35. The summed E-state index contributed by atoms with van der Waals surface area (Å²) in [5.41, 5.74) is 0.335. The maximum Gasteiger partial charge on any atom is 0.326 e. The monoisotopic (exact) mass is 359 g/mol. The number of benzene rings is 1. The molecule has 2 unspecified atom stereocenters. The fourth-order valence-corrected chi connectivity index (χ4v) is 2.99. The molecule has 1 aromatic rings. The highest BCUT2D eigenvalue weighted by Crippen LogP contribution is 2.28. The minimum absolute atomic E-state index is 0.304. The molecule has 0 spiro atoms. The van der Waals surface area contributed by atoms with Crippen LogP contribution in [0.25, 0.3) is 0 Å². The lowest BCUT2D eigenvalue weighted by atomic mass is 9.92. The van der Waals surface area contributed by atoms with Crippen LogP contribution in [-0.2, 0) is 4.79 Å². The Balaban J connectivity index is 2.31. The number of aliphatic carboxylic acids is 1. The van der Waals surface area contributed by atoms with Crippen LogP contribution in [0.3, 0.4) is 0 Å². The lowest BCUT2D eigenvalue weighted by Gasteiger charge is -2.36. The van der Waals surface area contributed by atoms with Gasteiger partial charge in [0.05, 0.1) is 10.6 Å². The van der Waals surface area contributed by atoms with E-state index in [0.717, 1.165) is 10.9 Å². The first kappa shape index (κ1) is 15.3. The van der Waals surface area contributed by atoms with Crippen LogP contribution in [0.5, 0.6) is 0 Å². The van der Waals surface area contributed by atoms with Crippen molar-refractivity contribution in [3.8, 4) is 0 Å². The van der Waals surface area contributed by atoms with E-state index in [2.05, 4.69) is 15.9 Å². The summed E-state index contributed by atoms with van der Waals surface area (Å²) in [5.74, 6) is -0.982. The molecule has 108 valence electrons. The summed E-state index contributed by atoms with van der Waals surface area (Å²) in [6.45, 7) is 2.45. The van der Waals surface area contributed by atoms with Crippen LogP contribution in [0.4, 0.5) is 0 Å². The average Bonchev–Trinajstić information content (AvgIpc) is 2.40. The molecule has 0 bridgehead atoms. The Morgan fingerprint density at radius 1 is 1.45 bits per heavy atom. The molecular weight excluding hydrogens is 346 g/mol. The SMILES string of the molecule is CC1CCN(C(=O)c2cc(Br)ccc2Cl)C(C(=O)O)C1. The molecule has 20 heavy (non-hydrogen) atoms. The second-order valence-corrected chi connectivity index (χ2v) is 6.43. The lowest BCUT2D eigenvalue weighted by molar-refractivity contribution is -0.144. The number of carbonyl (C=O) groups excluding carboxylic acids is 1. The molecule has 1 fully saturated rings. The number of amides is 1. The van der Waals surface area contributed by atoms with E-state index in [0.29, 0.717) is 29.5 Å². The van der Waals surface area contributed by atoms with Crippen molar-refractivity contribution in [2.24, 2.45) is 5.92 Å². The van der Waals surface area contributed by atoms with Crippen molar-refractivity contribution in [1.82, 2.24) is 4.90 Å². The first-order valence-corrected chi connectivity index (χ1v) is 7.56. The predicted molar refractivity (Wildman–Crippen MR) is 80.0 cm³/mol. The first-order chi connectivity index (χ1) is 9.40. The average molecular weight is 361 g/mol. The number of hydrogen-bond donors (Lipinski definition) is 1. The molecule has 6 heteroatoms. The normalized spacial score (nSPS) is 22.6. The molecule has 0 aliphatic carbocycles. The van der Waals surface area contributed by atoms with Gasteiger partial charge in [-0.3, -0.25) is 4.79 Å². The molecule has 1 N–H and O–H groups in total. The number of halogens is 2. The fraction of sp³-hybridized carbons (Fsp3) is 0.429.